The zero-order chi connectivity index (χ0) is 39.6. The standard InChI is InChI=1S/C38H44N4O5.C5H9ClO2/c1-5-25-21-28(14-15-29(25)26-17-19-41(20-18-26)38(45)46-23-24(3)4)47-34-16-13-27-9-7-10-30(36(27)34)32-11-8-12-35(40-32)42-33(6-2)31(22-39-42)37(43)44;1-4(2)3-8-5(6)7/h7-12,14-15,21-22,24,26,34H,5-6,13,16-20,23H2,1-4H3,(H,43,44);4H,3H2,1-2H3/t34-;/m0./s1. The number of benzene rings is 2. The van der Waals surface area contributed by atoms with E-state index in [1.54, 1.807) is 4.68 Å². The molecule has 1 amide bonds. The van der Waals surface area contributed by atoms with Crippen LogP contribution in [0.5, 0.6) is 5.75 Å². The van der Waals surface area contributed by atoms with Crippen LogP contribution in [0.15, 0.2) is 60.8 Å². The molecular formula is C43H53ClN4O7. The number of nitrogens with zero attached hydrogens (tertiary/aromatic N) is 4. The van der Waals surface area contributed by atoms with Crippen molar-refractivity contribution in [2.75, 3.05) is 26.3 Å². The average Bonchev–Trinajstić information content (AvgIpc) is 3.81. The molecule has 1 atom stereocenters. The summed E-state index contributed by atoms with van der Waals surface area (Å²) >= 11 is 4.86. The molecule has 6 rings (SSSR count). The van der Waals surface area contributed by atoms with Gasteiger partial charge in [0.1, 0.15) is 17.4 Å². The van der Waals surface area contributed by atoms with E-state index >= 15 is 0 Å². The number of hydrogen-bond acceptors (Lipinski definition) is 8. The highest BCUT2D eigenvalue weighted by Gasteiger charge is 2.30. The van der Waals surface area contributed by atoms with Gasteiger partial charge in [0.25, 0.3) is 0 Å². The van der Waals surface area contributed by atoms with Gasteiger partial charge in [0.2, 0.25) is 0 Å². The SMILES string of the molecule is CC(C)COC(=O)Cl.CCc1cc(O[C@H]2CCc3cccc(-c4cccc(-n5ncc(C(=O)O)c5CC)n4)c32)ccc1C1CCN(C(=O)OCC(C)C)CC1. The highest BCUT2D eigenvalue weighted by Crippen LogP contribution is 2.42. The monoisotopic (exact) mass is 772 g/mol. The van der Waals surface area contributed by atoms with Crippen LogP contribution in [0.1, 0.15) is 111 Å². The molecule has 1 aliphatic carbocycles. The number of likely N-dealkylation sites (tertiary alicyclic amines) is 1. The summed E-state index contributed by atoms with van der Waals surface area (Å²) in [5, 5.41) is 14.0. The third kappa shape index (κ3) is 10.4. The molecule has 0 radical (unpaired) electrons. The van der Waals surface area contributed by atoms with Gasteiger partial charge in [0.05, 0.1) is 30.8 Å². The van der Waals surface area contributed by atoms with E-state index in [9.17, 15) is 19.5 Å². The first-order chi connectivity index (χ1) is 26.4. The van der Waals surface area contributed by atoms with Gasteiger partial charge in [-0.2, -0.15) is 5.10 Å². The van der Waals surface area contributed by atoms with Gasteiger partial charge in [-0.15, -0.1) is 0 Å². The predicted molar refractivity (Wildman–Crippen MR) is 212 cm³/mol. The predicted octanol–water partition coefficient (Wildman–Crippen LogP) is 9.81. The normalized spacial score (nSPS) is 15.4. The molecule has 2 aliphatic rings. The van der Waals surface area contributed by atoms with Gasteiger partial charge in [-0.3, -0.25) is 0 Å². The Balaban J connectivity index is 0.000000654. The number of pyridine rings is 1. The highest BCUT2D eigenvalue weighted by molar-refractivity contribution is 6.61. The van der Waals surface area contributed by atoms with Crippen molar-refractivity contribution >= 4 is 29.1 Å². The number of piperidine rings is 1. The van der Waals surface area contributed by atoms with Crippen molar-refractivity contribution in [1.82, 2.24) is 19.7 Å². The summed E-state index contributed by atoms with van der Waals surface area (Å²) in [6.07, 6.45) is 6.15. The molecule has 3 heterocycles. The van der Waals surface area contributed by atoms with E-state index < -0.39 is 11.4 Å². The minimum absolute atomic E-state index is 0.114. The highest BCUT2D eigenvalue weighted by atomic mass is 35.5. The van der Waals surface area contributed by atoms with Crippen LogP contribution in [-0.4, -0.2) is 68.6 Å². The lowest BCUT2D eigenvalue weighted by Gasteiger charge is -2.32. The van der Waals surface area contributed by atoms with Gasteiger partial charge in [-0.1, -0.05) is 71.9 Å². The zero-order valence-electron chi connectivity index (χ0n) is 32.7. The van der Waals surface area contributed by atoms with E-state index in [1.165, 1.54) is 22.9 Å². The molecule has 11 nitrogen and oxygen atoms in total. The summed E-state index contributed by atoms with van der Waals surface area (Å²) in [4.78, 5) is 40.9. The Morgan fingerprint density at radius 3 is 2.25 bits per heavy atom. The van der Waals surface area contributed by atoms with Crippen molar-refractivity contribution in [3.05, 3.63) is 94.3 Å². The third-order valence-electron chi connectivity index (χ3n) is 9.89. The number of carbonyl (C=O) groups excluding carboxylic acids is 2. The maximum atomic E-state index is 12.5. The van der Waals surface area contributed by atoms with Crippen molar-refractivity contribution < 1.29 is 33.7 Å². The molecule has 1 aliphatic heterocycles. The minimum atomic E-state index is -0.992. The molecule has 12 heteroatoms. The van der Waals surface area contributed by atoms with Gasteiger partial charge in [0.15, 0.2) is 5.82 Å². The molecular weight excluding hydrogens is 720 g/mol. The maximum Gasteiger partial charge on any atom is 0.409 e. The number of halogens is 1. The molecule has 0 bridgehead atoms. The van der Waals surface area contributed by atoms with Gasteiger partial charge in [-0.05, 0) is 97.2 Å². The number of carboxylic acids is 1. The number of rotatable bonds is 12. The molecule has 2 aromatic carbocycles. The van der Waals surface area contributed by atoms with E-state index in [0.717, 1.165) is 54.7 Å². The van der Waals surface area contributed by atoms with Gasteiger partial charge in [-0.25, -0.2) is 24.0 Å². The van der Waals surface area contributed by atoms with Crippen molar-refractivity contribution in [1.29, 1.82) is 0 Å². The Kier molecular flexibility index (Phi) is 14.3. The van der Waals surface area contributed by atoms with Crippen LogP contribution in [0.3, 0.4) is 0 Å². The van der Waals surface area contributed by atoms with Gasteiger partial charge < -0.3 is 24.2 Å². The zero-order valence-corrected chi connectivity index (χ0v) is 33.5. The van der Waals surface area contributed by atoms with E-state index in [-0.39, 0.29) is 17.8 Å². The number of carboxylic acid groups (broad SMARTS) is 1. The summed E-state index contributed by atoms with van der Waals surface area (Å²) in [7, 11) is 0. The molecule has 0 saturated carbocycles. The van der Waals surface area contributed by atoms with Crippen molar-refractivity contribution in [2.45, 2.75) is 92.1 Å². The molecule has 1 saturated heterocycles. The number of fused-ring (bicyclic) bond motifs is 1. The maximum absolute atomic E-state index is 12.5. The Morgan fingerprint density at radius 1 is 0.909 bits per heavy atom. The second-order valence-corrected chi connectivity index (χ2v) is 15.2. The van der Waals surface area contributed by atoms with E-state index in [4.69, 9.17) is 26.1 Å². The van der Waals surface area contributed by atoms with E-state index in [2.05, 4.69) is 53.2 Å². The lowest BCUT2D eigenvalue weighted by atomic mass is 9.86. The van der Waals surface area contributed by atoms with Crippen molar-refractivity contribution in [2.24, 2.45) is 11.8 Å². The number of ether oxygens (including phenoxy) is 3. The number of aromatic nitrogens is 3. The third-order valence-corrected chi connectivity index (χ3v) is 10.0. The molecule has 2 aromatic heterocycles. The summed E-state index contributed by atoms with van der Waals surface area (Å²) in [6, 6.07) is 18.6. The van der Waals surface area contributed by atoms with E-state index in [0.29, 0.717) is 62.0 Å². The number of carbonyl (C=O) groups is 3. The fourth-order valence-corrected chi connectivity index (χ4v) is 7.29. The smallest absolute Gasteiger partial charge is 0.409 e. The summed E-state index contributed by atoms with van der Waals surface area (Å²) in [5.41, 5.74) is 6.94. The topological polar surface area (TPSA) is 133 Å². The van der Waals surface area contributed by atoms with Crippen LogP contribution >= 0.6 is 11.6 Å². The van der Waals surface area contributed by atoms with Gasteiger partial charge in [0, 0.05) is 35.8 Å². The van der Waals surface area contributed by atoms with Crippen LogP contribution in [0, 0.1) is 11.8 Å². The Labute approximate surface area is 328 Å². The van der Waals surface area contributed by atoms with Crippen LogP contribution in [0.4, 0.5) is 9.59 Å². The van der Waals surface area contributed by atoms with Gasteiger partial charge >= 0.3 is 17.5 Å². The lowest BCUT2D eigenvalue weighted by Crippen LogP contribution is -2.38. The number of hydrogen-bond donors (Lipinski definition) is 1. The number of amides is 1. The molecule has 1 fully saturated rings. The summed E-state index contributed by atoms with van der Waals surface area (Å²) in [6.45, 7) is 14.4. The Hall–Kier alpha value is -4.90. The van der Waals surface area contributed by atoms with E-state index in [1.807, 2.05) is 57.7 Å². The number of aryl methyl sites for hydroxylation is 2. The quantitative estimate of drug-likeness (QED) is 0.140. The average molecular weight is 773 g/mol. The molecule has 1 N–H and O–H groups in total. The lowest BCUT2D eigenvalue weighted by molar-refractivity contribution is 0.0695. The first kappa shape index (κ1) is 41.3. The number of aromatic carboxylic acids is 1. The summed E-state index contributed by atoms with van der Waals surface area (Å²) in [5.74, 6) is 1.54. The molecule has 294 valence electrons. The fraction of sp³-hybridized carbons (Fsp3) is 0.465. The molecule has 55 heavy (non-hydrogen) atoms. The fourth-order valence-electron chi connectivity index (χ4n) is 7.22. The second kappa shape index (κ2) is 19.1. The molecule has 0 unspecified atom stereocenters. The van der Waals surface area contributed by atoms with Crippen LogP contribution in [-0.2, 0) is 28.7 Å². The van der Waals surface area contributed by atoms with Crippen molar-refractivity contribution in [3.8, 4) is 22.8 Å². The van der Waals surface area contributed by atoms with Crippen molar-refractivity contribution in [3.63, 3.8) is 0 Å². The second-order valence-electron chi connectivity index (χ2n) is 14.9. The molecule has 0 spiro atoms. The Bertz CT molecular complexity index is 1950. The van der Waals surface area contributed by atoms with Crippen LogP contribution < -0.4 is 4.74 Å². The first-order valence-corrected chi connectivity index (χ1v) is 19.7. The van der Waals surface area contributed by atoms with Crippen LogP contribution in [0.2, 0.25) is 0 Å². The minimum Gasteiger partial charge on any atom is -0.486 e. The largest absolute Gasteiger partial charge is 0.486 e. The molecule has 4 aromatic rings. The Morgan fingerprint density at radius 2 is 1.62 bits per heavy atom. The first-order valence-electron chi connectivity index (χ1n) is 19.3. The summed E-state index contributed by atoms with van der Waals surface area (Å²) < 4.78 is 18.3. The van der Waals surface area contributed by atoms with Crippen LogP contribution in [0.25, 0.3) is 17.1 Å².